The quantitative estimate of drug-likeness (QED) is 0.809. The number of hydrogen-bond acceptors (Lipinski definition) is 3. The molecule has 0 radical (unpaired) electrons. The van der Waals surface area contributed by atoms with Gasteiger partial charge in [0.1, 0.15) is 12.1 Å². The molecule has 0 aliphatic heterocycles. The Morgan fingerprint density at radius 3 is 3.00 bits per heavy atom. The Morgan fingerprint density at radius 1 is 1.50 bits per heavy atom. The van der Waals surface area contributed by atoms with E-state index in [2.05, 4.69) is 29.0 Å². The SMILES string of the molecule is CC(C)Cc1nc(-c2ccoc2)n[nH]1. The zero-order valence-electron chi connectivity index (χ0n) is 8.32. The highest BCUT2D eigenvalue weighted by Crippen LogP contribution is 2.15. The molecule has 0 aliphatic carbocycles. The first-order chi connectivity index (χ1) is 6.75. The van der Waals surface area contributed by atoms with Gasteiger partial charge in [0.05, 0.1) is 11.8 Å². The predicted octanol–water partition coefficient (Wildman–Crippen LogP) is 2.26. The largest absolute Gasteiger partial charge is 0.472 e. The van der Waals surface area contributed by atoms with Crippen molar-refractivity contribution < 1.29 is 4.42 Å². The first kappa shape index (κ1) is 8.99. The number of aromatic nitrogens is 3. The minimum atomic E-state index is 0.583. The highest BCUT2D eigenvalue weighted by Gasteiger charge is 2.07. The number of hydrogen-bond donors (Lipinski definition) is 1. The molecule has 0 fully saturated rings. The maximum Gasteiger partial charge on any atom is 0.184 e. The van der Waals surface area contributed by atoms with Crippen molar-refractivity contribution in [3.8, 4) is 11.4 Å². The van der Waals surface area contributed by atoms with E-state index in [4.69, 9.17) is 4.42 Å². The molecule has 4 heteroatoms. The molecule has 4 nitrogen and oxygen atoms in total. The summed E-state index contributed by atoms with van der Waals surface area (Å²) in [5, 5.41) is 7.04. The number of furan rings is 1. The zero-order chi connectivity index (χ0) is 9.97. The predicted molar refractivity (Wildman–Crippen MR) is 52.6 cm³/mol. The molecule has 2 aromatic rings. The lowest BCUT2D eigenvalue weighted by atomic mass is 10.1. The van der Waals surface area contributed by atoms with E-state index in [1.54, 1.807) is 12.5 Å². The Bertz CT molecular complexity index is 389. The van der Waals surface area contributed by atoms with Crippen LogP contribution in [-0.4, -0.2) is 15.2 Å². The Morgan fingerprint density at radius 2 is 2.36 bits per heavy atom. The Labute approximate surface area is 82.4 Å². The molecule has 0 amide bonds. The smallest absolute Gasteiger partial charge is 0.184 e. The van der Waals surface area contributed by atoms with Gasteiger partial charge in [-0.1, -0.05) is 13.8 Å². The summed E-state index contributed by atoms with van der Waals surface area (Å²) >= 11 is 0. The van der Waals surface area contributed by atoms with Crippen LogP contribution in [0.3, 0.4) is 0 Å². The summed E-state index contributed by atoms with van der Waals surface area (Å²) in [5.41, 5.74) is 0.913. The van der Waals surface area contributed by atoms with Crippen molar-refractivity contribution in [1.29, 1.82) is 0 Å². The fourth-order valence-corrected chi connectivity index (χ4v) is 1.29. The fraction of sp³-hybridized carbons (Fsp3) is 0.400. The zero-order valence-corrected chi connectivity index (χ0v) is 8.32. The van der Waals surface area contributed by atoms with Crippen LogP contribution in [-0.2, 0) is 6.42 Å². The summed E-state index contributed by atoms with van der Waals surface area (Å²) in [5.74, 6) is 2.21. The lowest BCUT2D eigenvalue weighted by molar-refractivity contribution is 0.568. The molecule has 0 unspecified atom stereocenters. The molecule has 0 saturated heterocycles. The van der Waals surface area contributed by atoms with E-state index in [9.17, 15) is 0 Å². The highest BCUT2D eigenvalue weighted by atomic mass is 16.3. The van der Waals surface area contributed by atoms with E-state index >= 15 is 0 Å². The minimum absolute atomic E-state index is 0.583. The normalized spacial score (nSPS) is 11.1. The van der Waals surface area contributed by atoms with Crippen LogP contribution in [0.1, 0.15) is 19.7 Å². The second-order valence-corrected chi connectivity index (χ2v) is 3.72. The standard InChI is InChI=1S/C10H13N3O/c1-7(2)5-9-11-10(13-12-9)8-3-4-14-6-8/h3-4,6-7H,5H2,1-2H3,(H,11,12,13). The molecule has 0 bridgehead atoms. The van der Waals surface area contributed by atoms with Crippen LogP contribution in [0.4, 0.5) is 0 Å². The molecule has 0 aromatic carbocycles. The molecule has 1 N–H and O–H groups in total. The van der Waals surface area contributed by atoms with Crippen LogP contribution in [0, 0.1) is 5.92 Å². The highest BCUT2D eigenvalue weighted by molar-refractivity contribution is 5.51. The van der Waals surface area contributed by atoms with Crippen molar-refractivity contribution in [3.63, 3.8) is 0 Å². The van der Waals surface area contributed by atoms with Gasteiger partial charge in [0.15, 0.2) is 5.82 Å². The van der Waals surface area contributed by atoms with Crippen LogP contribution >= 0.6 is 0 Å². The Balaban J connectivity index is 2.18. The third-order valence-electron chi connectivity index (χ3n) is 1.91. The summed E-state index contributed by atoms with van der Waals surface area (Å²) in [6.07, 6.45) is 4.18. The molecule has 0 atom stereocenters. The fourth-order valence-electron chi connectivity index (χ4n) is 1.29. The molecule has 0 spiro atoms. The van der Waals surface area contributed by atoms with E-state index in [0.717, 1.165) is 17.8 Å². The van der Waals surface area contributed by atoms with E-state index in [0.29, 0.717) is 11.7 Å². The second kappa shape index (κ2) is 3.65. The van der Waals surface area contributed by atoms with Gasteiger partial charge in [0, 0.05) is 6.42 Å². The van der Waals surface area contributed by atoms with Gasteiger partial charge in [-0.15, -0.1) is 0 Å². The second-order valence-electron chi connectivity index (χ2n) is 3.72. The van der Waals surface area contributed by atoms with Gasteiger partial charge in [-0.2, -0.15) is 5.10 Å². The topological polar surface area (TPSA) is 54.7 Å². The van der Waals surface area contributed by atoms with Gasteiger partial charge in [0.25, 0.3) is 0 Å². The lowest BCUT2D eigenvalue weighted by Gasteiger charge is -1.97. The number of H-pyrrole nitrogens is 1. The van der Waals surface area contributed by atoms with Gasteiger partial charge >= 0.3 is 0 Å². The molecule has 2 rings (SSSR count). The number of aromatic amines is 1. The van der Waals surface area contributed by atoms with E-state index < -0.39 is 0 Å². The van der Waals surface area contributed by atoms with Crippen LogP contribution < -0.4 is 0 Å². The average molecular weight is 191 g/mol. The lowest BCUT2D eigenvalue weighted by Crippen LogP contribution is -1.95. The summed E-state index contributed by atoms with van der Waals surface area (Å²) in [6.45, 7) is 4.31. The van der Waals surface area contributed by atoms with Crippen LogP contribution in [0.5, 0.6) is 0 Å². The minimum Gasteiger partial charge on any atom is -0.472 e. The molecule has 0 aliphatic rings. The first-order valence-corrected chi connectivity index (χ1v) is 4.69. The summed E-state index contributed by atoms with van der Waals surface area (Å²) < 4.78 is 4.97. The van der Waals surface area contributed by atoms with Crippen molar-refractivity contribution in [2.45, 2.75) is 20.3 Å². The monoisotopic (exact) mass is 191 g/mol. The third kappa shape index (κ3) is 1.84. The number of nitrogens with one attached hydrogen (secondary N) is 1. The molecule has 0 saturated carbocycles. The van der Waals surface area contributed by atoms with Crippen molar-refractivity contribution in [2.24, 2.45) is 5.92 Å². The van der Waals surface area contributed by atoms with Crippen molar-refractivity contribution in [1.82, 2.24) is 15.2 Å². The van der Waals surface area contributed by atoms with E-state index in [-0.39, 0.29) is 0 Å². The third-order valence-corrected chi connectivity index (χ3v) is 1.91. The molecule has 2 aromatic heterocycles. The van der Waals surface area contributed by atoms with Gasteiger partial charge < -0.3 is 4.42 Å². The molecular formula is C10H13N3O. The van der Waals surface area contributed by atoms with Crippen molar-refractivity contribution in [3.05, 3.63) is 24.4 Å². The molecule has 14 heavy (non-hydrogen) atoms. The maximum absolute atomic E-state index is 4.97. The van der Waals surface area contributed by atoms with Gasteiger partial charge in [-0.25, -0.2) is 4.98 Å². The number of rotatable bonds is 3. The molecular weight excluding hydrogens is 178 g/mol. The molecule has 74 valence electrons. The van der Waals surface area contributed by atoms with Gasteiger partial charge in [-0.05, 0) is 12.0 Å². The Kier molecular flexibility index (Phi) is 2.35. The summed E-state index contributed by atoms with van der Waals surface area (Å²) in [4.78, 5) is 4.37. The van der Waals surface area contributed by atoms with Gasteiger partial charge in [-0.3, -0.25) is 5.10 Å². The summed E-state index contributed by atoms with van der Waals surface area (Å²) in [6, 6.07) is 1.85. The van der Waals surface area contributed by atoms with Gasteiger partial charge in [0.2, 0.25) is 0 Å². The van der Waals surface area contributed by atoms with Crippen LogP contribution in [0.2, 0.25) is 0 Å². The molecule has 2 heterocycles. The maximum atomic E-state index is 4.97. The van der Waals surface area contributed by atoms with E-state index in [1.165, 1.54) is 0 Å². The summed E-state index contributed by atoms with van der Waals surface area (Å²) in [7, 11) is 0. The Hall–Kier alpha value is -1.58. The van der Waals surface area contributed by atoms with E-state index in [1.807, 2.05) is 6.07 Å². The van der Waals surface area contributed by atoms with Crippen molar-refractivity contribution >= 4 is 0 Å². The van der Waals surface area contributed by atoms with Crippen molar-refractivity contribution in [2.75, 3.05) is 0 Å². The van der Waals surface area contributed by atoms with Crippen LogP contribution in [0.25, 0.3) is 11.4 Å². The average Bonchev–Trinajstić information content (AvgIpc) is 2.69. The number of nitrogens with zero attached hydrogens (tertiary/aromatic N) is 2. The van der Waals surface area contributed by atoms with Crippen LogP contribution in [0.15, 0.2) is 23.0 Å². The first-order valence-electron chi connectivity index (χ1n) is 4.69.